The summed E-state index contributed by atoms with van der Waals surface area (Å²) in [5.74, 6) is 0. The van der Waals surface area contributed by atoms with Crippen LogP contribution in [0.15, 0.2) is 42.5 Å². The van der Waals surface area contributed by atoms with Gasteiger partial charge in [-0.15, -0.1) is 0 Å². The monoisotopic (exact) mass is 282 g/mol. The molecule has 3 heteroatoms. The number of nitriles is 1. The molecule has 0 amide bonds. The third-order valence-electron chi connectivity index (χ3n) is 3.86. The van der Waals surface area contributed by atoms with Gasteiger partial charge < -0.3 is 4.90 Å². The molecule has 1 aliphatic rings. The molecule has 20 heavy (non-hydrogen) atoms. The van der Waals surface area contributed by atoms with Crippen LogP contribution in [0.3, 0.4) is 0 Å². The average Bonchev–Trinajstić information content (AvgIpc) is 2.48. The van der Waals surface area contributed by atoms with Crippen molar-refractivity contribution in [3.63, 3.8) is 0 Å². The highest BCUT2D eigenvalue weighted by molar-refractivity contribution is 6.30. The van der Waals surface area contributed by atoms with Gasteiger partial charge in [-0.2, -0.15) is 5.26 Å². The second kappa shape index (κ2) is 5.19. The summed E-state index contributed by atoms with van der Waals surface area (Å²) in [5.41, 5.74) is 4.10. The first kappa shape index (κ1) is 13.0. The molecule has 0 aromatic heterocycles. The number of rotatable bonds is 1. The summed E-state index contributed by atoms with van der Waals surface area (Å²) >= 11 is 6.00. The van der Waals surface area contributed by atoms with Crippen molar-refractivity contribution in [1.29, 1.82) is 5.26 Å². The van der Waals surface area contributed by atoms with Crippen molar-refractivity contribution < 1.29 is 0 Å². The van der Waals surface area contributed by atoms with Crippen molar-refractivity contribution >= 4 is 23.0 Å². The standard InChI is InChI=1S/C17H15ClN2/c1-12-6-7-13-4-2-3-5-16(13)20(12)17-9-8-15(18)10-14(17)11-19/h2-5,8-10,12H,6-7H2,1H3. The highest BCUT2D eigenvalue weighted by Gasteiger charge is 2.25. The van der Waals surface area contributed by atoms with Crippen LogP contribution < -0.4 is 4.90 Å². The summed E-state index contributed by atoms with van der Waals surface area (Å²) in [6.07, 6.45) is 2.17. The molecule has 0 spiro atoms. The van der Waals surface area contributed by atoms with Crippen LogP contribution in [-0.2, 0) is 6.42 Å². The maximum absolute atomic E-state index is 9.37. The lowest BCUT2D eigenvalue weighted by Crippen LogP contribution is -2.33. The van der Waals surface area contributed by atoms with Crippen molar-refractivity contribution in [3.05, 3.63) is 58.6 Å². The van der Waals surface area contributed by atoms with Gasteiger partial charge in [0, 0.05) is 16.8 Å². The molecule has 3 rings (SSSR count). The lowest BCUT2D eigenvalue weighted by Gasteiger charge is -2.37. The van der Waals surface area contributed by atoms with E-state index in [1.165, 1.54) is 11.3 Å². The first-order chi connectivity index (χ1) is 9.70. The fourth-order valence-electron chi connectivity index (χ4n) is 2.86. The maximum atomic E-state index is 9.37. The van der Waals surface area contributed by atoms with Crippen LogP contribution in [0, 0.1) is 11.3 Å². The normalized spacial score (nSPS) is 17.4. The number of nitrogens with zero attached hydrogens (tertiary/aromatic N) is 2. The molecule has 2 nitrogen and oxygen atoms in total. The van der Waals surface area contributed by atoms with Crippen LogP contribution in [0.5, 0.6) is 0 Å². The summed E-state index contributed by atoms with van der Waals surface area (Å²) in [4.78, 5) is 2.26. The Labute approximate surface area is 124 Å². The Hall–Kier alpha value is -1.98. The van der Waals surface area contributed by atoms with E-state index in [1.807, 2.05) is 18.2 Å². The molecule has 1 atom stereocenters. The van der Waals surface area contributed by atoms with Crippen LogP contribution >= 0.6 is 11.6 Å². The number of para-hydroxylation sites is 1. The minimum atomic E-state index is 0.373. The quantitative estimate of drug-likeness (QED) is 0.759. The molecule has 2 aromatic carbocycles. The van der Waals surface area contributed by atoms with Gasteiger partial charge in [0.25, 0.3) is 0 Å². The van der Waals surface area contributed by atoms with Gasteiger partial charge in [0.15, 0.2) is 0 Å². The molecule has 0 fully saturated rings. The van der Waals surface area contributed by atoms with Crippen molar-refractivity contribution in [2.75, 3.05) is 4.90 Å². The Kier molecular flexibility index (Phi) is 3.38. The second-order valence-corrected chi connectivity index (χ2v) is 5.60. The van der Waals surface area contributed by atoms with E-state index in [9.17, 15) is 5.26 Å². The molecule has 1 aliphatic heterocycles. The van der Waals surface area contributed by atoms with Crippen LogP contribution in [-0.4, -0.2) is 6.04 Å². The SMILES string of the molecule is CC1CCc2ccccc2N1c1ccc(Cl)cc1C#N. The van der Waals surface area contributed by atoms with Crippen LogP contribution in [0.2, 0.25) is 5.02 Å². The Bertz CT molecular complexity index is 688. The summed E-state index contributed by atoms with van der Waals surface area (Å²) in [6.45, 7) is 2.20. The summed E-state index contributed by atoms with van der Waals surface area (Å²) in [5, 5.41) is 9.97. The van der Waals surface area contributed by atoms with Crippen LogP contribution in [0.25, 0.3) is 0 Å². The molecule has 0 radical (unpaired) electrons. The van der Waals surface area contributed by atoms with E-state index in [0.717, 1.165) is 18.5 Å². The lowest BCUT2D eigenvalue weighted by molar-refractivity contribution is 0.618. The maximum Gasteiger partial charge on any atom is 0.101 e. The van der Waals surface area contributed by atoms with E-state index in [0.29, 0.717) is 16.6 Å². The molecule has 0 saturated carbocycles. The first-order valence-corrected chi connectivity index (χ1v) is 7.15. The number of anilines is 2. The Morgan fingerprint density at radius 1 is 1.20 bits per heavy atom. The van der Waals surface area contributed by atoms with Gasteiger partial charge in [0.05, 0.1) is 11.3 Å². The van der Waals surface area contributed by atoms with Gasteiger partial charge in [0.2, 0.25) is 0 Å². The number of hydrogen-bond acceptors (Lipinski definition) is 2. The van der Waals surface area contributed by atoms with E-state index in [2.05, 4.69) is 36.1 Å². The van der Waals surface area contributed by atoms with Gasteiger partial charge in [-0.1, -0.05) is 29.8 Å². The Morgan fingerprint density at radius 2 is 2.00 bits per heavy atom. The van der Waals surface area contributed by atoms with Crippen molar-refractivity contribution in [2.45, 2.75) is 25.8 Å². The van der Waals surface area contributed by atoms with E-state index < -0.39 is 0 Å². The topological polar surface area (TPSA) is 27.0 Å². The van der Waals surface area contributed by atoms with Gasteiger partial charge >= 0.3 is 0 Å². The Morgan fingerprint density at radius 3 is 2.80 bits per heavy atom. The number of benzene rings is 2. The van der Waals surface area contributed by atoms with Crippen molar-refractivity contribution in [1.82, 2.24) is 0 Å². The van der Waals surface area contributed by atoms with Gasteiger partial charge in [-0.05, 0) is 49.6 Å². The van der Waals surface area contributed by atoms with Crippen molar-refractivity contribution in [3.8, 4) is 6.07 Å². The predicted octanol–water partition coefficient (Wildman–Crippen LogP) is 4.68. The van der Waals surface area contributed by atoms with Crippen LogP contribution in [0.1, 0.15) is 24.5 Å². The fraction of sp³-hybridized carbons (Fsp3) is 0.235. The highest BCUT2D eigenvalue weighted by Crippen LogP contribution is 2.38. The molecule has 0 N–H and O–H groups in total. The van der Waals surface area contributed by atoms with Gasteiger partial charge in [-0.3, -0.25) is 0 Å². The molecule has 0 aliphatic carbocycles. The second-order valence-electron chi connectivity index (χ2n) is 5.16. The minimum absolute atomic E-state index is 0.373. The number of hydrogen-bond donors (Lipinski definition) is 0. The fourth-order valence-corrected chi connectivity index (χ4v) is 3.04. The largest absolute Gasteiger partial charge is 0.337 e. The average molecular weight is 283 g/mol. The zero-order valence-electron chi connectivity index (χ0n) is 11.3. The summed E-state index contributed by atoms with van der Waals surface area (Å²) in [7, 11) is 0. The van der Waals surface area contributed by atoms with Gasteiger partial charge in [0.1, 0.15) is 6.07 Å². The number of aryl methyl sites for hydroxylation is 1. The minimum Gasteiger partial charge on any atom is -0.337 e. The summed E-state index contributed by atoms with van der Waals surface area (Å²) < 4.78 is 0. The lowest BCUT2D eigenvalue weighted by atomic mass is 9.95. The molecular formula is C17H15ClN2. The predicted molar refractivity (Wildman–Crippen MR) is 82.5 cm³/mol. The van der Waals surface area contributed by atoms with Gasteiger partial charge in [-0.25, -0.2) is 0 Å². The molecule has 1 heterocycles. The molecule has 2 aromatic rings. The molecule has 0 bridgehead atoms. The zero-order chi connectivity index (χ0) is 14.1. The molecule has 0 saturated heterocycles. The van der Waals surface area contributed by atoms with E-state index in [1.54, 1.807) is 6.07 Å². The first-order valence-electron chi connectivity index (χ1n) is 6.77. The third-order valence-corrected chi connectivity index (χ3v) is 4.10. The third kappa shape index (κ3) is 2.15. The highest BCUT2D eigenvalue weighted by atomic mass is 35.5. The Balaban J connectivity index is 2.17. The van der Waals surface area contributed by atoms with Crippen LogP contribution in [0.4, 0.5) is 11.4 Å². The number of fused-ring (bicyclic) bond motifs is 1. The molecular weight excluding hydrogens is 268 g/mol. The van der Waals surface area contributed by atoms with E-state index in [4.69, 9.17) is 11.6 Å². The molecule has 1 unspecified atom stereocenters. The van der Waals surface area contributed by atoms with E-state index >= 15 is 0 Å². The summed E-state index contributed by atoms with van der Waals surface area (Å²) in [6, 6.07) is 16.6. The smallest absolute Gasteiger partial charge is 0.101 e. The zero-order valence-corrected chi connectivity index (χ0v) is 12.1. The van der Waals surface area contributed by atoms with Crippen molar-refractivity contribution in [2.24, 2.45) is 0 Å². The van der Waals surface area contributed by atoms with E-state index in [-0.39, 0.29) is 0 Å². The number of halogens is 1. The molecule has 100 valence electrons.